The molecular formula is C38H21NS. The van der Waals surface area contributed by atoms with E-state index in [1.807, 2.05) is 11.3 Å². The van der Waals surface area contributed by atoms with Crippen LogP contribution in [0.5, 0.6) is 0 Å². The van der Waals surface area contributed by atoms with Crippen LogP contribution in [0, 0.1) is 0 Å². The molecule has 1 aliphatic rings. The number of nitrogens with zero attached hydrogens (tertiary/aromatic N) is 1. The van der Waals surface area contributed by atoms with E-state index in [1.165, 1.54) is 91.5 Å². The normalized spacial score (nSPS) is 12.5. The molecule has 0 saturated carbocycles. The molecule has 0 atom stereocenters. The summed E-state index contributed by atoms with van der Waals surface area (Å²) in [5, 5.41) is 10.6. The lowest BCUT2D eigenvalue weighted by molar-refractivity contribution is 1.20. The van der Waals surface area contributed by atoms with Crippen LogP contribution < -0.4 is 0 Å². The Morgan fingerprint density at radius 2 is 1.12 bits per heavy atom. The largest absolute Gasteiger partial charge is 0.309 e. The van der Waals surface area contributed by atoms with E-state index in [2.05, 4.69) is 132 Å². The van der Waals surface area contributed by atoms with Crippen molar-refractivity contribution < 1.29 is 0 Å². The summed E-state index contributed by atoms with van der Waals surface area (Å²) in [6.07, 6.45) is 0. The van der Waals surface area contributed by atoms with Crippen LogP contribution in [-0.4, -0.2) is 4.57 Å². The molecule has 0 fully saturated rings. The highest BCUT2D eigenvalue weighted by atomic mass is 32.1. The number of rotatable bonds is 1. The summed E-state index contributed by atoms with van der Waals surface area (Å²) in [6, 6.07) is 47.4. The van der Waals surface area contributed by atoms with Crippen molar-refractivity contribution in [3.63, 3.8) is 0 Å². The first-order valence-electron chi connectivity index (χ1n) is 13.8. The SMILES string of the molecule is c1ccc2c(c1)-c1cccc3c(-n4c5cc6c(cc5c5c7ccccc7ccc54)sc4ccccc46)ccc-2c13. The van der Waals surface area contributed by atoms with Crippen molar-refractivity contribution in [1.82, 2.24) is 4.57 Å². The molecule has 0 saturated heterocycles. The molecule has 0 bridgehead atoms. The standard InChI is InChI=1S/C38H21NS/c1-2-9-23-22(8-1)16-18-33-38(23)31-21-36-30(26-12-5-6-15-35(26)40-36)20-34(31)39(33)32-19-17-28-25-11-4-3-10-24(25)27-13-7-14-29(32)37(27)28/h1-21H. The Balaban J connectivity index is 1.42. The molecule has 2 heterocycles. The van der Waals surface area contributed by atoms with Crippen LogP contribution in [0.1, 0.15) is 0 Å². The second kappa shape index (κ2) is 7.38. The maximum atomic E-state index is 2.52. The first kappa shape index (κ1) is 21.0. The highest BCUT2D eigenvalue weighted by Gasteiger charge is 2.24. The smallest absolute Gasteiger partial charge is 0.0548 e. The van der Waals surface area contributed by atoms with Gasteiger partial charge in [-0.2, -0.15) is 0 Å². The fourth-order valence-corrected chi connectivity index (χ4v) is 8.38. The van der Waals surface area contributed by atoms with Gasteiger partial charge < -0.3 is 4.57 Å². The highest BCUT2D eigenvalue weighted by Crippen LogP contribution is 2.50. The topological polar surface area (TPSA) is 4.93 Å². The zero-order chi connectivity index (χ0) is 25.9. The van der Waals surface area contributed by atoms with Crippen molar-refractivity contribution in [2.45, 2.75) is 0 Å². The summed E-state index contributed by atoms with van der Waals surface area (Å²) in [6.45, 7) is 0. The number of hydrogen-bond acceptors (Lipinski definition) is 1. The van der Waals surface area contributed by atoms with Crippen molar-refractivity contribution >= 4 is 74.9 Å². The van der Waals surface area contributed by atoms with Crippen LogP contribution in [0.15, 0.2) is 127 Å². The molecule has 7 aromatic carbocycles. The molecule has 2 heteroatoms. The first-order valence-corrected chi connectivity index (χ1v) is 14.6. The van der Waals surface area contributed by atoms with E-state index in [-0.39, 0.29) is 0 Å². The molecule has 0 aliphatic heterocycles. The average Bonchev–Trinajstić information content (AvgIpc) is 3.65. The second-order valence-electron chi connectivity index (χ2n) is 10.9. The van der Waals surface area contributed by atoms with Crippen LogP contribution in [0.4, 0.5) is 0 Å². The minimum absolute atomic E-state index is 1.24. The highest BCUT2D eigenvalue weighted by molar-refractivity contribution is 7.25. The van der Waals surface area contributed by atoms with E-state index in [1.54, 1.807) is 0 Å². The van der Waals surface area contributed by atoms with E-state index in [0.29, 0.717) is 0 Å². The summed E-state index contributed by atoms with van der Waals surface area (Å²) in [5.41, 5.74) is 9.10. The summed E-state index contributed by atoms with van der Waals surface area (Å²) >= 11 is 1.89. The van der Waals surface area contributed by atoms with Crippen LogP contribution in [0.3, 0.4) is 0 Å². The average molecular weight is 524 g/mol. The Kier molecular flexibility index (Phi) is 3.87. The van der Waals surface area contributed by atoms with Gasteiger partial charge >= 0.3 is 0 Å². The van der Waals surface area contributed by atoms with Gasteiger partial charge in [-0.05, 0) is 68.7 Å². The van der Waals surface area contributed by atoms with E-state index in [0.717, 1.165) is 0 Å². The Morgan fingerprint density at radius 3 is 2.02 bits per heavy atom. The van der Waals surface area contributed by atoms with Gasteiger partial charge in [0.2, 0.25) is 0 Å². The van der Waals surface area contributed by atoms with Crippen molar-refractivity contribution in [2.24, 2.45) is 0 Å². The van der Waals surface area contributed by atoms with Crippen LogP contribution in [0.25, 0.3) is 91.5 Å². The van der Waals surface area contributed by atoms with Crippen LogP contribution in [0.2, 0.25) is 0 Å². The maximum absolute atomic E-state index is 2.52. The van der Waals surface area contributed by atoms with Crippen molar-refractivity contribution in [1.29, 1.82) is 0 Å². The maximum Gasteiger partial charge on any atom is 0.0548 e. The van der Waals surface area contributed by atoms with Gasteiger partial charge in [-0.3, -0.25) is 0 Å². The van der Waals surface area contributed by atoms with E-state index in [9.17, 15) is 0 Å². The molecular weight excluding hydrogens is 502 g/mol. The molecule has 0 unspecified atom stereocenters. The molecule has 0 N–H and O–H groups in total. The minimum atomic E-state index is 1.24. The van der Waals surface area contributed by atoms with E-state index in [4.69, 9.17) is 0 Å². The van der Waals surface area contributed by atoms with Gasteiger partial charge in [0.1, 0.15) is 0 Å². The Labute approximate surface area is 234 Å². The zero-order valence-electron chi connectivity index (χ0n) is 21.5. The van der Waals surface area contributed by atoms with Crippen molar-refractivity contribution in [3.8, 4) is 27.9 Å². The molecule has 0 spiro atoms. The molecule has 10 rings (SSSR count). The molecule has 9 aromatic rings. The summed E-state index contributed by atoms with van der Waals surface area (Å²) in [5.74, 6) is 0. The number of hydrogen-bond donors (Lipinski definition) is 0. The molecule has 0 radical (unpaired) electrons. The number of fused-ring (bicyclic) bond motifs is 11. The molecule has 1 aliphatic carbocycles. The molecule has 40 heavy (non-hydrogen) atoms. The predicted molar refractivity (Wildman–Crippen MR) is 173 cm³/mol. The minimum Gasteiger partial charge on any atom is -0.309 e. The zero-order valence-corrected chi connectivity index (χ0v) is 22.3. The van der Waals surface area contributed by atoms with Crippen molar-refractivity contribution in [2.75, 3.05) is 0 Å². The molecule has 0 amide bonds. The third kappa shape index (κ3) is 2.53. The van der Waals surface area contributed by atoms with Gasteiger partial charge in [0.25, 0.3) is 0 Å². The quantitative estimate of drug-likeness (QED) is 0.202. The van der Waals surface area contributed by atoms with Crippen LogP contribution in [-0.2, 0) is 0 Å². The van der Waals surface area contributed by atoms with Gasteiger partial charge in [0, 0.05) is 36.3 Å². The van der Waals surface area contributed by atoms with Gasteiger partial charge in [0.05, 0.1) is 16.7 Å². The number of thiophene rings is 1. The summed E-state index contributed by atoms with van der Waals surface area (Å²) < 4.78 is 5.21. The Bertz CT molecular complexity index is 2510. The lowest BCUT2D eigenvalue weighted by Gasteiger charge is -2.13. The van der Waals surface area contributed by atoms with E-state index >= 15 is 0 Å². The lowest BCUT2D eigenvalue weighted by Crippen LogP contribution is -1.96. The van der Waals surface area contributed by atoms with Crippen LogP contribution >= 0.6 is 11.3 Å². The Hall–Kier alpha value is -4.92. The fraction of sp³-hybridized carbons (Fsp3) is 0. The van der Waals surface area contributed by atoms with Gasteiger partial charge in [-0.25, -0.2) is 0 Å². The van der Waals surface area contributed by atoms with Crippen molar-refractivity contribution in [3.05, 3.63) is 127 Å². The molecule has 184 valence electrons. The molecule has 1 nitrogen and oxygen atoms in total. The molecule has 2 aromatic heterocycles. The fourth-order valence-electron chi connectivity index (χ4n) is 7.25. The monoisotopic (exact) mass is 523 g/mol. The first-order chi connectivity index (χ1) is 19.8. The number of aromatic nitrogens is 1. The third-order valence-corrected chi connectivity index (χ3v) is 10.1. The third-order valence-electron chi connectivity index (χ3n) is 8.92. The van der Waals surface area contributed by atoms with Gasteiger partial charge in [0.15, 0.2) is 0 Å². The van der Waals surface area contributed by atoms with Gasteiger partial charge in [-0.15, -0.1) is 11.3 Å². The second-order valence-corrected chi connectivity index (χ2v) is 12.0. The Morgan fingerprint density at radius 1 is 0.400 bits per heavy atom. The lowest BCUT2D eigenvalue weighted by atomic mass is 10.0. The predicted octanol–water partition coefficient (Wildman–Crippen LogP) is 11.1. The summed E-state index contributed by atoms with van der Waals surface area (Å²) in [4.78, 5) is 0. The number of benzene rings is 7. The summed E-state index contributed by atoms with van der Waals surface area (Å²) in [7, 11) is 0. The van der Waals surface area contributed by atoms with E-state index < -0.39 is 0 Å². The van der Waals surface area contributed by atoms with Gasteiger partial charge in [-0.1, -0.05) is 97.1 Å².